The summed E-state index contributed by atoms with van der Waals surface area (Å²) in [6, 6.07) is 3.32. The van der Waals surface area contributed by atoms with E-state index in [1.807, 2.05) is 11.9 Å². The average molecular weight is 330 g/mol. The molecule has 0 bridgehead atoms. The van der Waals surface area contributed by atoms with Gasteiger partial charge >= 0.3 is 6.09 Å². The molecule has 0 spiro atoms. The monoisotopic (exact) mass is 329 g/mol. The van der Waals surface area contributed by atoms with E-state index < -0.39 is 11.7 Å². The SMILES string of the molecule is COCCN(C)c1cc(NC(=O)OC(C)(C)C)c(N)cc1Cl. The summed E-state index contributed by atoms with van der Waals surface area (Å²) in [4.78, 5) is 13.8. The lowest BCUT2D eigenvalue weighted by atomic mass is 10.2. The summed E-state index contributed by atoms with van der Waals surface area (Å²) in [5.41, 5.74) is 6.90. The van der Waals surface area contributed by atoms with E-state index in [9.17, 15) is 4.79 Å². The van der Waals surface area contributed by atoms with E-state index in [1.165, 1.54) is 0 Å². The first kappa shape index (κ1) is 18.4. The van der Waals surface area contributed by atoms with Gasteiger partial charge in [0.15, 0.2) is 0 Å². The van der Waals surface area contributed by atoms with Crippen molar-refractivity contribution in [3.05, 3.63) is 17.2 Å². The van der Waals surface area contributed by atoms with Crippen molar-refractivity contribution in [2.24, 2.45) is 0 Å². The topological polar surface area (TPSA) is 76.8 Å². The van der Waals surface area contributed by atoms with Crippen LogP contribution in [0.4, 0.5) is 21.9 Å². The molecule has 3 N–H and O–H groups in total. The number of ether oxygens (including phenoxy) is 2. The van der Waals surface area contributed by atoms with Gasteiger partial charge in [-0.25, -0.2) is 4.79 Å². The molecule has 0 atom stereocenters. The Labute approximate surface area is 136 Å². The summed E-state index contributed by atoms with van der Waals surface area (Å²) in [6.45, 7) is 6.60. The second-order valence-corrected chi connectivity index (χ2v) is 6.34. The molecule has 0 saturated heterocycles. The molecule has 0 aliphatic rings. The third-order valence-corrected chi connectivity index (χ3v) is 3.10. The first-order valence-electron chi connectivity index (χ1n) is 6.93. The summed E-state index contributed by atoms with van der Waals surface area (Å²) in [5, 5.41) is 3.15. The minimum atomic E-state index is -0.580. The lowest BCUT2D eigenvalue weighted by molar-refractivity contribution is 0.0636. The maximum absolute atomic E-state index is 11.9. The van der Waals surface area contributed by atoms with Gasteiger partial charge in [0, 0.05) is 20.7 Å². The summed E-state index contributed by atoms with van der Waals surface area (Å²) in [5.74, 6) is 0. The van der Waals surface area contributed by atoms with E-state index >= 15 is 0 Å². The van der Waals surface area contributed by atoms with Crippen molar-refractivity contribution in [3.63, 3.8) is 0 Å². The summed E-state index contributed by atoms with van der Waals surface area (Å²) in [7, 11) is 3.52. The maximum Gasteiger partial charge on any atom is 0.412 e. The van der Waals surface area contributed by atoms with Crippen molar-refractivity contribution in [1.29, 1.82) is 0 Å². The van der Waals surface area contributed by atoms with E-state index in [0.29, 0.717) is 29.5 Å². The van der Waals surface area contributed by atoms with E-state index in [1.54, 1.807) is 40.0 Å². The number of rotatable bonds is 5. The number of anilines is 3. The number of hydrogen-bond donors (Lipinski definition) is 2. The highest BCUT2D eigenvalue weighted by Crippen LogP contribution is 2.33. The number of methoxy groups -OCH3 is 1. The van der Waals surface area contributed by atoms with E-state index in [0.717, 1.165) is 5.69 Å². The molecule has 22 heavy (non-hydrogen) atoms. The molecule has 0 aromatic heterocycles. The van der Waals surface area contributed by atoms with E-state index in [2.05, 4.69) is 5.32 Å². The van der Waals surface area contributed by atoms with Gasteiger partial charge in [0.2, 0.25) is 0 Å². The highest BCUT2D eigenvalue weighted by molar-refractivity contribution is 6.33. The van der Waals surface area contributed by atoms with Crippen molar-refractivity contribution >= 4 is 34.8 Å². The lowest BCUT2D eigenvalue weighted by Gasteiger charge is -2.23. The van der Waals surface area contributed by atoms with E-state index in [-0.39, 0.29) is 0 Å². The smallest absolute Gasteiger partial charge is 0.412 e. The van der Waals surface area contributed by atoms with Gasteiger partial charge in [0.25, 0.3) is 0 Å². The van der Waals surface area contributed by atoms with Crippen molar-refractivity contribution in [2.45, 2.75) is 26.4 Å². The van der Waals surface area contributed by atoms with Gasteiger partial charge in [-0.05, 0) is 32.9 Å². The first-order valence-corrected chi connectivity index (χ1v) is 7.31. The Bertz CT molecular complexity index is 529. The van der Waals surface area contributed by atoms with Crippen LogP contribution in [-0.4, -0.2) is 39.0 Å². The largest absolute Gasteiger partial charge is 0.444 e. The molecule has 0 heterocycles. The Hall–Kier alpha value is -1.66. The van der Waals surface area contributed by atoms with Crippen LogP contribution in [-0.2, 0) is 9.47 Å². The van der Waals surface area contributed by atoms with Crippen LogP contribution < -0.4 is 16.0 Å². The number of hydrogen-bond acceptors (Lipinski definition) is 5. The van der Waals surface area contributed by atoms with Crippen LogP contribution >= 0.6 is 11.6 Å². The summed E-state index contributed by atoms with van der Waals surface area (Å²) < 4.78 is 10.3. The molecule has 1 aromatic carbocycles. The molecule has 1 amide bonds. The van der Waals surface area contributed by atoms with E-state index in [4.69, 9.17) is 26.8 Å². The minimum absolute atomic E-state index is 0.375. The van der Waals surface area contributed by atoms with Gasteiger partial charge in [-0.15, -0.1) is 0 Å². The molecule has 124 valence electrons. The highest BCUT2D eigenvalue weighted by Gasteiger charge is 2.18. The minimum Gasteiger partial charge on any atom is -0.444 e. The molecule has 6 nitrogen and oxygen atoms in total. The van der Waals surface area contributed by atoms with Crippen LogP contribution in [0.1, 0.15) is 20.8 Å². The number of carbonyl (C=O) groups is 1. The van der Waals surface area contributed by atoms with Gasteiger partial charge in [0.05, 0.1) is 28.7 Å². The maximum atomic E-state index is 11.9. The molecule has 0 aliphatic carbocycles. The standard InChI is InChI=1S/C15H24ClN3O3/c1-15(2,3)22-14(20)18-12-9-13(10(16)8-11(12)17)19(4)6-7-21-5/h8-9H,6-7,17H2,1-5H3,(H,18,20). The predicted molar refractivity (Wildman–Crippen MR) is 90.9 cm³/mol. The van der Waals surface area contributed by atoms with Crippen LogP contribution in [0.25, 0.3) is 0 Å². The third-order valence-electron chi connectivity index (χ3n) is 2.80. The van der Waals surface area contributed by atoms with Crippen molar-refractivity contribution in [1.82, 2.24) is 0 Å². The van der Waals surface area contributed by atoms with Gasteiger partial charge in [-0.2, -0.15) is 0 Å². The summed E-state index contributed by atoms with van der Waals surface area (Å²) >= 11 is 6.21. The van der Waals surface area contributed by atoms with Gasteiger partial charge in [-0.3, -0.25) is 5.32 Å². The van der Waals surface area contributed by atoms with Gasteiger partial charge < -0.3 is 20.1 Å². The van der Waals surface area contributed by atoms with Crippen molar-refractivity contribution < 1.29 is 14.3 Å². The fourth-order valence-corrected chi connectivity index (χ4v) is 2.06. The number of nitrogens with two attached hydrogens (primary N) is 1. The molecule has 0 fully saturated rings. The second kappa shape index (κ2) is 7.56. The Balaban J connectivity index is 2.94. The Morgan fingerprint density at radius 2 is 2.05 bits per heavy atom. The lowest BCUT2D eigenvalue weighted by Crippen LogP contribution is -2.27. The molecule has 0 saturated carbocycles. The zero-order valence-electron chi connectivity index (χ0n) is 13.7. The number of carbonyl (C=O) groups excluding carboxylic acids is 1. The molecule has 0 aliphatic heterocycles. The molecular weight excluding hydrogens is 306 g/mol. The van der Waals surface area contributed by atoms with Crippen molar-refractivity contribution in [2.75, 3.05) is 43.3 Å². The fraction of sp³-hybridized carbons (Fsp3) is 0.533. The predicted octanol–water partition coefficient (Wildman–Crippen LogP) is 3.35. The van der Waals surface area contributed by atoms with Crippen LogP contribution in [0.5, 0.6) is 0 Å². The van der Waals surface area contributed by atoms with Crippen LogP contribution in [0.3, 0.4) is 0 Å². The second-order valence-electron chi connectivity index (χ2n) is 5.93. The number of halogens is 1. The number of nitrogens with one attached hydrogen (secondary N) is 1. The molecule has 1 aromatic rings. The molecule has 0 radical (unpaired) electrons. The zero-order chi connectivity index (χ0) is 16.9. The van der Waals surface area contributed by atoms with Crippen LogP contribution in [0.15, 0.2) is 12.1 Å². The number of amides is 1. The Morgan fingerprint density at radius 1 is 1.41 bits per heavy atom. The van der Waals surface area contributed by atoms with Gasteiger partial charge in [-0.1, -0.05) is 11.6 Å². The third kappa shape index (κ3) is 5.61. The van der Waals surface area contributed by atoms with Crippen LogP contribution in [0.2, 0.25) is 5.02 Å². The molecule has 7 heteroatoms. The molecule has 0 unspecified atom stereocenters. The quantitative estimate of drug-likeness (QED) is 0.810. The van der Waals surface area contributed by atoms with Crippen LogP contribution in [0, 0.1) is 0 Å². The number of nitrogens with zero attached hydrogens (tertiary/aromatic N) is 1. The Morgan fingerprint density at radius 3 is 2.59 bits per heavy atom. The van der Waals surface area contributed by atoms with Gasteiger partial charge in [0.1, 0.15) is 5.60 Å². The first-order chi connectivity index (χ1) is 10.1. The molecular formula is C15H24ClN3O3. The molecule has 1 rings (SSSR count). The number of nitrogen functional groups attached to an aromatic ring is 1. The number of likely N-dealkylation sites (N-methyl/N-ethyl adjacent to an activating group) is 1. The summed E-state index contributed by atoms with van der Waals surface area (Å²) in [6.07, 6.45) is -0.563. The Kier molecular flexibility index (Phi) is 6.32. The normalized spacial score (nSPS) is 11.2. The zero-order valence-corrected chi connectivity index (χ0v) is 14.5. The highest BCUT2D eigenvalue weighted by atomic mass is 35.5. The van der Waals surface area contributed by atoms with Crippen molar-refractivity contribution in [3.8, 4) is 0 Å². The number of benzene rings is 1. The average Bonchev–Trinajstić information content (AvgIpc) is 2.37. The fourth-order valence-electron chi connectivity index (χ4n) is 1.74.